The first-order chi connectivity index (χ1) is 16.8. The van der Waals surface area contributed by atoms with Crippen LogP contribution in [0.15, 0.2) is 24.3 Å². The van der Waals surface area contributed by atoms with Crippen molar-refractivity contribution in [2.45, 2.75) is 12.8 Å². The lowest BCUT2D eigenvalue weighted by atomic mass is 10.1. The van der Waals surface area contributed by atoms with E-state index < -0.39 is 16.6 Å². The third-order valence-electron chi connectivity index (χ3n) is 4.87. The maximum Gasteiger partial charge on any atom is 0.345 e. The summed E-state index contributed by atoms with van der Waals surface area (Å²) in [5.41, 5.74) is -0.0359. The van der Waals surface area contributed by atoms with Crippen LogP contribution < -0.4 is 29.0 Å². The number of hydrogen-bond acceptors (Lipinski definition) is 10. The van der Waals surface area contributed by atoms with Crippen molar-refractivity contribution < 1.29 is 42.9 Å². The predicted molar refractivity (Wildman–Crippen MR) is 124 cm³/mol. The number of nitrogens with one attached hydrogen (secondary N) is 1. The highest BCUT2D eigenvalue weighted by molar-refractivity contribution is 5.95. The number of benzene rings is 2. The van der Waals surface area contributed by atoms with Crippen molar-refractivity contribution in [3.05, 3.63) is 45.5 Å². The molecule has 0 fully saturated rings. The van der Waals surface area contributed by atoms with E-state index >= 15 is 0 Å². The summed E-state index contributed by atoms with van der Waals surface area (Å²) in [6.45, 7) is 0.460. The van der Waals surface area contributed by atoms with Crippen molar-refractivity contribution >= 4 is 17.6 Å². The lowest BCUT2D eigenvalue weighted by Crippen LogP contribution is -2.27. The first-order valence-corrected chi connectivity index (χ1v) is 10.4. The number of hydrogen-bond donors (Lipinski definition) is 1. The predicted octanol–water partition coefficient (Wildman–Crippen LogP) is 2.54. The van der Waals surface area contributed by atoms with Crippen LogP contribution in [0.25, 0.3) is 0 Å². The van der Waals surface area contributed by atoms with Gasteiger partial charge in [-0.2, -0.15) is 0 Å². The van der Waals surface area contributed by atoms with Gasteiger partial charge in [0.25, 0.3) is 5.69 Å². The molecular weight excluding hydrogens is 464 g/mol. The fourth-order valence-electron chi connectivity index (χ4n) is 3.21. The minimum Gasteiger partial charge on any atom is -0.493 e. The molecule has 0 unspecified atom stereocenters. The Morgan fingerprint density at radius 3 is 2.03 bits per heavy atom. The summed E-state index contributed by atoms with van der Waals surface area (Å²) in [5, 5.41) is 14.0. The fourth-order valence-corrected chi connectivity index (χ4v) is 3.21. The van der Waals surface area contributed by atoms with Crippen molar-refractivity contribution in [3.8, 4) is 28.7 Å². The standard InChI is InChI=1S/C23H28N2O10/c1-30-17-13-16(25(28)29)15(23(27)34-5)12-18(17)35-8-6-7-24-21(26)11-14-9-19(31-2)22(33-4)20(10-14)32-3/h9-10,12-13H,6-8,11H2,1-5H3,(H,24,26). The highest BCUT2D eigenvalue weighted by Crippen LogP contribution is 2.38. The molecule has 0 atom stereocenters. The van der Waals surface area contributed by atoms with E-state index in [2.05, 4.69) is 10.1 Å². The van der Waals surface area contributed by atoms with Crippen LogP contribution in [0.1, 0.15) is 22.3 Å². The Kier molecular flexibility index (Phi) is 9.94. The zero-order valence-corrected chi connectivity index (χ0v) is 20.2. The molecule has 0 spiro atoms. The Labute approximate surface area is 202 Å². The van der Waals surface area contributed by atoms with Crippen molar-refractivity contribution in [2.24, 2.45) is 0 Å². The number of amides is 1. The van der Waals surface area contributed by atoms with E-state index in [0.29, 0.717) is 35.8 Å². The number of rotatable bonds is 13. The van der Waals surface area contributed by atoms with Gasteiger partial charge in [-0.1, -0.05) is 0 Å². The number of nitrogens with zero attached hydrogens (tertiary/aromatic N) is 1. The Morgan fingerprint density at radius 1 is 0.886 bits per heavy atom. The van der Waals surface area contributed by atoms with Crippen LogP contribution in [0, 0.1) is 10.1 Å². The van der Waals surface area contributed by atoms with Gasteiger partial charge in [0.15, 0.2) is 23.0 Å². The third-order valence-corrected chi connectivity index (χ3v) is 4.87. The third kappa shape index (κ3) is 6.88. The van der Waals surface area contributed by atoms with E-state index in [1.165, 1.54) is 34.5 Å². The van der Waals surface area contributed by atoms with Crippen LogP contribution in [-0.4, -0.2) is 65.5 Å². The molecule has 1 amide bonds. The van der Waals surface area contributed by atoms with E-state index in [1.807, 2.05) is 0 Å². The van der Waals surface area contributed by atoms with Gasteiger partial charge in [0, 0.05) is 12.6 Å². The molecule has 12 heteroatoms. The molecule has 12 nitrogen and oxygen atoms in total. The van der Waals surface area contributed by atoms with Gasteiger partial charge in [-0.05, 0) is 24.1 Å². The molecule has 2 aromatic rings. The Bertz CT molecular complexity index is 1050. The van der Waals surface area contributed by atoms with Crippen LogP contribution in [0.2, 0.25) is 0 Å². The zero-order valence-electron chi connectivity index (χ0n) is 20.2. The van der Waals surface area contributed by atoms with Crippen molar-refractivity contribution in [2.75, 3.05) is 48.7 Å². The molecule has 0 radical (unpaired) electrons. The van der Waals surface area contributed by atoms with E-state index in [1.54, 1.807) is 12.1 Å². The van der Waals surface area contributed by atoms with Gasteiger partial charge in [0.05, 0.1) is 59.6 Å². The molecule has 2 rings (SSSR count). The first kappa shape index (κ1) is 27.0. The smallest absolute Gasteiger partial charge is 0.345 e. The summed E-state index contributed by atoms with van der Waals surface area (Å²) < 4.78 is 31.2. The average molecular weight is 492 g/mol. The second-order valence-electron chi connectivity index (χ2n) is 7.03. The molecule has 0 bridgehead atoms. The fraction of sp³-hybridized carbons (Fsp3) is 0.391. The summed E-state index contributed by atoms with van der Waals surface area (Å²) in [5.74, 6) is 0.479. The number of nitro benzene ring substituents is 1. The van der Waals surface area contributed by atoms with Crippen LogP contribution in [0.4, 0.5) is 5.69 Å². The molecule has 2 aromatic carbocycles. The largest absolute Gasteiger partial charge is 0.493 e. The Balaban J connectivity index is 1.95. The van der Waals surface area contributed by atoms with Crippen LogP contribution in [0.3, 0.4) is 0 Å². The minimum absolute atomic E-state index is 0.0933. The SMILES string of the molecule is COC(=O)c1cc(OCCCNC(=O)Cc2cc(OC)c(OC)c(OC)c2)c(OC)cc1[N+](=O)[O-]. The van der Waals surface area contributed by atoms with Gasteiger partial charge >= 0.3 is 5.97 Å². The van der Waals surface area contributed by atoms with E-state index in [-0.39, 0.29) is 36.0 Å². The normalized spacial score (nSPS) is 10.2. The van der Waals surface area contributed by atoms with Crippen molar-refractivity contribution in [3.63, 3.8) is 0 Å². The molecule has 0 aliphatic carbocycles. The number of esters is 1. The lowest BCUT2D eigenvalue weighted by Gasteiger charge is -2.14. The molecular formula is C23H28N2O10. The van der Waals surface area contributed by atoms with Crippen LogP contribution >= 0.6 is 0 Å². The second-order valence-corrected chi connectivity index (χ2v) is 7.03. The molecule has 0 aliphatic heterocycles. The zero-order chi connectivity index (χ0) is 26.0. The van der Waals surface area contributed by atoms with Gasteiger partial charge in [-0.15, -0.1) is 0 Å². The van der Waals surface area contributed by atoms with Gasteiger partial charge in [-0.25, -0.2) is 4.79 Å². The van der Waals surface area contributed by atoms with E-state index in [9.17, 15) is 19.7 Å². The maximum absolute atomic E-state index is 12.4. The summed E-state index contributed by atoms with van der Waals surface area (Å²) in [7, 11) is 6.94. The van der Waals surface area contributed by atoms with E-state index in [0.717, 1.165) is 13.2 Å². The summed E-state index contributed by atoms with van der Waals surface area (Å²) in [4.78, 5) is 34.8. The van der Waals surface area contributed by atoms with Crippen LogP contribution in [-0.2, 0) is 16.0 Å². The molecule has 0 aromatic heterocycles. The molecule has 0 aliphatic rings. The quantitative estimate of drug-likeness (QED) is 0.192. The van der Waals surface area contributed by atoms with Crippen molar-refractivity contribution in [1.82, 2.24) is 5.32 Å². The number of methoxy groups -OCH3 is 5. The highest BCUT2D eigenvalue weighted by atomic mass is 16.6. The second kappa shape index (κ2) is 12.9. The van der Waals surface area contributed by atoms with Crippen molar-refractivity contribution in [1.29, 1.82) is 0 Å². The molecule has 0 saturated heterocycles. The molecule has 35 heavy (non-hydrogen) atoms. The highest BCUT2D eigenvalue weighted by Gasteiger charge is 2.25. The number of carbonyl (C=O) groups excluding carboxylic acids is 2. The summed E-state index contributed by atoms with van der Waals surface area (Å²) >= 11 is 0. The Morgan fingerprint density at radius 2 is 1.51 bits per heavy atom. The maximum atomic E-state index is 12.4. The lowest BCUT2D eigenvalue weighted by molar-refractivity contribution is -0.385. The molecule has 190 valence electrons. The summed E-state index contributed by atoms with van der Waals surface area (Å²) in [6.07, 6.45) is 0.519. The Hall–Kier alpha value is -4.22. The monoisotopic (exact) mass is 492 g/mol. The first-order valence-electron chi connectivity index (χ1n) is 10.4. The minimum atomic E-state index is -0.872. The summed E-state index contributed by atoms with van der Waals surface area (Å²) in [6, 6.07) is 5.69. The molecule has 0 heterocycles. The van der Waals surface area contributed by atoms with Gasteiger partial charge in [0.1, 0.15) is 5.56 Å². The van der Waals surface area contributed by atoms with Gasteiger partial charge in [0.2, 0.25) is 11.7 Å². The van der Waals surface area contributed by atoms with Gasteiger partial charge in [-0.3, -0.25) is 14.9 Å². The molecule has 1 N–H and O–H groups in total. The van der Waals surface area contributed by atoms with Crippen LogP contribution in [0.5, 0.6) is 28.7 Å². The molecule has 0 saturated carbocycles. The number of nitro groups is 1. The number of carbonyl (C=O) groups is 2. The van der Waals surface area contributed by atoms with E-state index in [4.69, 9.17) is 23.7 Å². The van der Waals surface area contributed by atoms with Gasteiger partial charge < -0.3 is 33.7 Å². The topological polar surface area (TPSA) is 145 Å². The average Bonchev–Trinajstić information content (AvgIpc) is 2.86. The number of ether oxygens (including phenoxy) is 6.